The van der Waals surface area contributed by atoms with Crippen molar-refractivity contribution in [2.45, 2.75) is 17.7 Å². The van der Waals surface area contributed by atoms with Crippen molar-refractivity contribution in [3.63, 3.8) is 0 Å². The number of rotatable bonds is 4. The molecule has 0 saturated heterocycles. The number of thiazole rings is 1. The van der Waals surface area contributed by atoms with E-state index in [4.69, 9.17) is 0 Å². The fourth-order valence-corrected chi connectivity index (χ4v) is 2.67. The summed E-state index contributed by atoms with van der Waals surface area (Å²) < 4.78 is 36.4. The number of aromatic nitrogens is 1. The molecule has 0 saturated carbocycles. The van der Waals surface area contributed by atoms with E-state index in [0.717, 1.165) is 9.22 Å². The van der Waals surface area contributed by atoms with E-state index in [9.17, 15) is 13.2 Å². The molecule has 78 valence electrons. The molecule has 0 amide bonds. The van der Waals surface area contributed by atoms with E-state index < -0.39 is 11.9 Å². The van der Waals surface area contributed by atoms with Gasteiger partial charge in [-0.25, -0.2) is 9.37 Å². The molecule has 0 N–H and O–H groups in total. The highest BCUT2D eigenvalue weighted by molar-refractivity contribution is 8.01. The first-order valence-corrected chi connectivity index (χ1v) is 5.64. The Hall–Kier alpha value is -0.490. The second-order valence-corrected chi connectivity index (χ2v) is 5.08. The highest BCUT2D eigenvalue weighted by Gasteiger charge is 2.06. The quantitative estimate of drug-likeness (QED) is 0.736. The lowest BCUT2D eigenvalue weighted by atomic mass is 10.4. The maximum atomic E-state index is 12.3. The standard InChI is InChI=1S/C8H8F3NS2/c1-5-4-12-8(14-5)13-3-2-6(9)7(10)11/h4H,2-3H2,1H3. The largest absolute Gasteiger partial charge is 0.301 e. The molecule has 0 unspecified atom stereocenters. The molecule has 14 heavy (non-hydrogen) atoms. The number of thioether (sulfide) groups is 1. The van der Waals surface area contributed by atoms with E-state index >= 15 is 0 Å². The summed E-state index contributed by atoms with van der Waals surface area (Å²) in [6.45, 7) is 1.91. The fraction of sp³-hybridized carbons (Fsp3) is 0.375. The van der Waals surface area contributed by atoms with E-state index in [0.29, 0.717) is 0 Å². The molecule has 0 aliphatic rings. The molecule has 0 aromatic carbocycles. The molecule has 0 aliphatic carbocycles. The normalized spacial score (nSPS) is 10.3. The topological polar surface area (TPSA) is 12.9 Å². The SMILES string of the molecule is Cc1cnc(SCCC(F)=C(F)F)s1. The van der Waals surface area contributed by atoms with E-state index in [1.807, 2.05) is 6.92 Å². The molecule has 0 spiro atoms. The van der Waals surface area contributed by atoms with Crippen LogP contribution in [0.3, 0.4) is 0 Å². The fourth-order valence-electron chi connectivity index (χ4n) is 0.723. The maximum absolute atomic E-state index is 12.3. The Morgan fingerprint density at radius 1 is 1.50 bits per heavy atom. The van der Waals surface area contributed by atoms with E-state index in [1.165, 1.54) is 23.1 Å². The van der Waals surface area contributed by atoms with Gasteiger partial charge in [-0.05, 0) is 6.92 Å². The predicted octanol–water partition coefficient (Wildman–Crippen LogP) is 4.01. The lowest BCUT2D eigenvalue weighted by Gasteiger charge is -1.94. The van der Waals surface area contributed by atoms with Crippen LogP contribution in [0.4, 0.5) is 13.2 Å². The van der Waals surface area contributed by atoms with Gasteiger partial charge < -0.3 is 0 Å². The van der Waals surface area contributed by atoms with Gasteiger partial charge >= 0.3 is 6.08 Å². The molecule has 1 aromatic rings. The van der Waals surface area contributed by atoms with E-state index in [1.54, 1.807) is 6.20 Å². The minimum Gasteiger partial charge on any atom is -0.238 e. The van der Waals surface area contributed by atoms with Gasteiger partial charge in [0.05, 0.1) is 0 Å². The second kappa shape index (κ2) is 5.41. The summed E-state index contributed by atoms with van der Waals surface area (Å²) in [6.07, 6.45) is -0.762. The zero-order valence-corrected chi connectivity index (χ0v) is 9.02. The third-order valence-electron chi connectivity index (χ3n) is 1.35. The Balaban J connectivity index is 2.32. The number of allylic oxidation sites excluding steroid dienone is 1. The van der Waals surface area contributed by atoms with Crippen LogP contribution in [0, 0.1) is 6.92 Å². The van der Waals surface area contributed by atoms with Gasteiger partial charge in [0.2, 0.25) is 0 Å². The van der Waals surface area contributed by atoms with Crippen LogP contribution < -0.4 is 0 Å². The summed E-state index contributed by atoms with van der Waals surface area (Å²) in [5.41, 5.74) is 0. The molecule has 1 rings (SSSR count). The van der Waals surface area contributed by atoms with Crippen LogP contribution in [-0.4, -0.2) is 10.7 Å². The van der Waals surface area contributed by atoms with Gasteiger partial charge in [-0.1, -0.05) is 11.8 Å². The van der Waals surface area contributed by atoms with Crippen molar-refractivity contribution >= 4 is 23.1 Å². The van der Waals surface area contributed by atoms with Crippen LogP contribution >= 0.6 is 23.1 Å². The minimum atomic E-state index is -2.22. The first-order chi connectivity index (χ1) is 6.59. The highest BCUT2D eigenvalue weighted by atomic mass is 32.2. The average Bonchev–Trinajstić information content (AvgIpc) is 2.51. The van der Waals surface area contributed by atoms with Crippen LogP contribution in [0.2, 0.25) is 0 Å². The summed E-state index contributed by atoms with van der Waals surface area (Å²) in [7, 11) is 0. The average molecular weight is 239 g/mol. The molecule has 1 aromatic heterocycles. The smallest absolute Gasteiger partial charge is 0.238 e. The zero-order chi connectivity index (χ0) is 10.6. The van der Waals surface area contributed by atoms with Crippen molar-refractivity contribution in [3.8, 4) is 0 Å². The minimum absolute atomic E-state index is 0.244. The van der Waals surface area contributed by atoms with Crippen LogP contribution in [0.1, 0.15) is 11.3 Å². The van der Waals surface area contributed by atoms with Crippen molar-refractivity contribution in [1.29, 1.82) is 0 Å². The van der Waals surface area contributed by atoms with Crippen molar-refractivity contribution in [2.24, 2.45) is 0 Å². The Labute approximate surface area is 88.0 Å². The Kier molecular flexibility index (Phi) is 4.47. The van der Waals surface area contributed by atoms with Gasteiger partial charge in [0, 0.05) is 23.2 Å². The lowest BCUT2D eigenvalue weighted by molar-refractivity contribution is 0.373. The molecular formula is C8H8F3NS2. The third kappa shape index (κ3) is 3.71. The number of hydrogen-bond acceptors (Lipinski definition) is 3. The maximum Gasteiger partial charge on any atom is 0.301 e. The van der Waals surface area contributed by atoms with Gasteiger partial charge in [-0.3, -0.25) is 0 Å². The molecule has 0 fully saturated rings. The zero-order valence-electron chi connectivity index (χ0n) is 7.39. The first kappa shape index (κ1) is 11.6. The Morgan fingerprint density at radius 3 is 2.71 bits per heavy atom. The monoisotopic (exact) mass is 239 g/mol. The molecule has 1 nitrogen and oxygen atoms in total. The van der Waals surface area contributed by atoms with Crippen LogP contribution in [0.25, 0.3) is 0 Å². The van der Waals surface area contributed by atoms with Crippen LogP contribution in [0.5, 0.6) is 0 Å². The van der Waals surface area contributed by atoms with E-state index in [-0.39, 0.29) is 12.2 Å². The summed E-state index contributed by atoms with van der Waals surface area (Å²) in [6, 6.07) is 0. The van der Waals surface area contributed by atoms with Gasteiger partial charge in [0.25, 0.3) is 0 Å². The predicted molar refractivity (Wildman–Crippen MR) is 52.5 cm³/mol. The summed E-state index contributed by atoms with van der Waals surface area (Å²) >= 11 is 2.76. The summed E-state index contributed by atoms with van der Waals surface area (Å²) in [5.74, 6) is -1.04. The van der Waals surface area contributed by atoms with Crippen molar-refractivity contribution in [3.05, 3.63) is 23.0 Å². The summed E-state index contributed by atoms with van der Waals surface area (Å²) in [5, 5.41) is 0. The second-order valence-electron chi connectivity index (χ2n) is 2.50. The van der Waals surface area contributed by atoms with Crippen molar-refractivity contribution < 1.29 is 13.2 Å². The van der Waals surface area contributed by atoms with Gasteiger partial charge in [-0.2, -0.15) is 8.78 Å². The lowest BCUT2D eigenvalue weighted by Crippen LogP contribution is -1.81. The first-order valence-electron chi connectivity index (χ1n) is 3.84. The molecule has 1 heterocycles. The van der Waals surface area contributed by atoms with Gasteiger partial charge in [0.15, 0.2) is 5.83 Å². The number of hydrogen-bond donors (Lipinski definition) is 0. The third-order valence-corrected chi connectivity index (χ3v) is 3.42. The van der Waals surface area contributed by atoms with Crippen LogP contribution in [0.15, 0.2) is 22.4 Å². The summed E-state index contributed by atoms with van der Waals surface area (Å²) in [4.78, 5) is 5.07. The molecule has 0 atom stereocenters. The molecule has 0 radical (unpaired) electrons. The molecule has 0 bridgehead atoms. The number of nitrogens with zero attached hydrogens (tertiary/aromatic N) is 1. The highest BCUT2D eigenvalue weighted by Crippen LogP contribution is 2.26. The van der Waals surface area contributed by atoms with Crippen LogP contribution in [-0.2, 0) is 0 Å². The van der Waals surface area contributed by atoms with Gasteiger partial charge in [0.1, 0.15) is 4.34 Å². The number of aryl methyl sites for hydroxylation is 1. The number of halogens is 3. The van der Waals surface area contributed by atoms with Crippen molar-refractivity contribution in [2.75, 3.05) is 5.75 Å². The molecule has 6 heteroatoms. The molecule has 0 aliphatic heterocycles. The Bertz CT molecular complexity index is 331. The van der Waals surface area contributed by atoms with Gasteiger partial charge in [-0.15, -0.1) is 11.3 Å². The Morgan fingerprint density at radius 2 is 2.21 bits per heavy atom. The van der Waals surface area contributed by atoms with E-state index in [2.05, 4.69) is 4.98 Å². The van der Waals surface area contributed by atoms with Crippen molar-refractivity contribution in [1.82, 2.24) is 4.98 Å². The molecular weight excluding hydrogens is 231 g/mol.